The molecule has 2 aromatic carbocycles. The van der Waals surface area contributed by atoms with Crippen LogP contribution in [0.1, 0.15) is 22.9 Å². The summed E-state index contributed by atoms with van der Waals surface area (Å²) in [6.07, 6.45) is 0.846. The van der Waals surface area contributed by atoms with Gasteiger partial charge in [0.2, 0.25) is 0 Å². The van der Waals surface area contributed by atoms with Crippen molar-refractivity contribution in [1.82, 2.24) is 10.1 Å². The average molecular weight is 282 g/mol. The Morgan fingerprint density at radius 3 is 2.81 bits per heavy atom. The third kappa shape index (κ3) is 1.81. The monoisotopic (exact) mass is 282 g/mol. The summed E-state index contributed by atoms with van der Waals surface area (Å²) in [6, 6.07) is 12.1. The molecular formula is C16H11FN2O2. The lowest BCUT2D eigenvalue weighted by Gasteiger charge is -2.27. The topological polar surface area (TPSA) is 59.2 Å². The maximum Gasteiger partial charge on any atom is 0.264 e. The quantitative estimate of drug-likeness (QED) is 0.783. The van der Waals surface area contributed by atoms with Crippen LogP contribution in [0.25, 0.3) is 11.5 Å². The molecule has 0 spiro atoms. The van der Waals surface area contributed by atoms with Gasteiger partial charge < -0.3 is 9.63 Å². The van der Waals surface area contributed by atoms with Crippen LogP contribution in [0.15, 0.2) is 47.0 Å². The molecule has 1 aromatic heterocycles. The van der Waals surface area contributed by atoms with Crippen molar-refractivity contribution in [2.45, 2.75) is 12.3 Å². The number of benzene rings is 2. The molecule has 1 N–H and O–H groups in total. The van der Waals surface area contributed by atoms with E-state index in [2.05, 4.69) is 16.2 Å². The molecule has 4 rings (SSSR count). The van der Waals surface area contributed by atoms with Gasteiger partial charge in [0.15, 0.2) is 5.82 Å². The highest BCUT2D eigenvalue weighted by atomic mass is 19.1. The minimum absolute atomic E-state index is 0.00461. The molecule has 104 valence electrons. The zero-order chi connectivity index (χ0) is 14.4. The Bertz CT molecular complexity index is 808. The Kier molecular flexibility index (Phi) is 2.54. The average Bonchev–Trinajstić information content (AvgIpc) is 2.89. The minimum Gasteiger partial charge on any atom is -0.507 e. The summed E-state index contributed by atoms with van der Waals surface area (Å²) >= 11 is 0. The predicted octanol–water partition coefficient (Wildman–Crippen LogP) is 3.27. The van der Waals surface area contributed by atoms with Gasteiger partial charge in [0.25, 0.3) is 5.89 Å². The summed E-state index contributed by atoms with van der Waals surface area (Å²) in [7, 11) is 0. The first-order valence-electron chi connectivity index (χ1n) is 6.63. The van der Waals surface area contributed by atoms with Crippen molar-refractivity contribution in [1.29, 1.82) is 0 Å². The number of aromatic nitrogens is 2. The number of fused-ring (bicyclic) bond motifs is 1. The van der Waals surface area contributed by atoms with Crippen LogP contribution in [0.5, 0.6) is 5.75 Å². The molecule has 0 bridgehead atoms. The predicted molar refractivity (Wildman–Crippen MR) is 73.3 cm³/mol. The smallest absolute Gasteiger partial charge is 0.264 e. The molecule has 0 saturated heterocycles. The zero-order valence-corrected chi connectivity index (χ0v) is 11.0. The lowest BCUT2D eigenvalue weighted by atomic mass is 9.77. The fourth-order valence-electron chi connectivity index (χ4n) is 2.69. The summed E-state index contributed by atoms with van der Waals surface area (Å²) < 4.78 is 18.9. The SMILES string of the molecule is Oc1cccc(F)c1-c1nc(C2Cc3ccccc32)no1. The van der Waals surface area contributed by atoms with Crippen molar-refractivity contribution in [3.63, 3.8) is 0 Å². The van der Waals surface area contributed by atoms with E-state index in [4.69, 9.17) is 4.52 Å². The molecule has 21 heavy (non-hydrogen) atoms. The van der Waals surface area contributed by atoms with Crippen LogP contribution < -0.4 is 0 Å². The minimum atomic E-state index is -0.584. The van der Waals surface area contributed by atoms with Gasteiger partial charge >= 0.3 is 0 Å². The molecule has 4 nitrogen and oxygen atoms in total. The van der Waals surface area contributed by atoms with Crippen molar-refractivity contribution in [3.8, 4) is 17.2 Å². The van der Waals surface area contributed by atoms with Gasteiger partial charge in [-0.1, -0.05) is 35.5 Å². The fourth-order valence-corrected chi connectivity index (χ4v) is 2.69. The summed E-state index contributed by atoms with van der Waals surface area (Å²) in [6.45, 7) is 0. The van der Waals surface area contributed by atoms with E-state index in [-0.39, 0.29) is 23.1 Å². The van der Waals surface area contributed by atoms with Gasteiger partial charge in [-0.2, -0.15) is 4.98 Å². The van der Waals surface area contributed by atoms with Gasteiger partial charge in [0.05, 0.1) is 5.92 Å². The highest BCUT2D eigenvalue weighted by Gasteiger charge is 2.31. The van der Waals surface area contributed by atoms with Crippen LogP contribution in [-0.4, -0.2) is 15.2 Å². The van der Waals surface area contributed by atoms with E-state index < -0.39 is 5.82 Å². The third-order valence-electron chi connectivity index (χ3n) is 3.81. The van der Waals surface area contributed by atoms with Crippen LogP contribution in [0.3, 0.4) is 0 Å². The summed E-state index contributed by atoms with van der Waals surface area (Å²) in [4.78, 5) is 4.25. The number of phenolic OH excluding ortho intramolecular Hbond substituents is 1. The number of rotatable bonds is 2. The van der Waals surface area contributed by atoms with Crippen LogP contribution >= 0.6 is 0 Å². The van der Waals surface area contributed by atoms with Gasteiger partial charge in [-0.25, -0.2) is 4.39 Å². The molecule has 0 saturated carbocycles. The van der Waals surface area contributed by atoms with Crippen LogP contribution in [0.4, 0.5) is 4.39 Å². The molecule has 1 aliphatic carbocycles. The van der Waals surface area contributed by atoms with E-state index in [0.29, 0.717) is 5.82 Å². The number of hydrogen-bond donors (Lipinski definition) is 1. The van der Waals surface area contributed by atoms with Gasteiger partial charge in [-0.3, -0.25) is 0 Å². The second kappa shape index (κ2) is 4.41. The van der Waals surface area contributed by atoms with E-state index in [1.165, 1.54) is 29.3 Å². The molecule has 0 fully saturated rings. The number of phenols is 1. The lowest BCUT2D eigenvalue weighted by Crippen LogP contribution is -2.19. The zero-order valence-electron chi connectivity index (χ0n) is 11.0. The molecule has 5 heteroatoms. The van der Waals surface area contributed by atoms with Crippen LogP contribution in [0.2, 0.25) is 0 Å². The second-order valence-corrected chi connectivity index (χ2v) is 5.05. The number of halogens is 1. The normalized spacial score (nSPS) is 16.3. The van der Waals surface area contributed by atoms with Crippen molar-refractivity contribution >= 4 is 0 Å². The molecule has 0 amide bonds. The Balaban J connectivity index is 1.72. The van der Waals surface area contributed by atoms with E-state index in [9.17, 15) is 9.50 Å². The lowest BCUT2D eigenvalue weighted by molar-refractivity contribution is 0.408. The molecule has 0 aliphatic heterocycles. The number of nitrogens with zero attached hydrogens (tertiary/aromatic N) is 2. The molecule has 1 aliphatic rings. The van der Waals surface area contributed by atoms with Gasteiger partial charge in [0.1, 0.15) is 17.1 Å². The first-order chi connectivity index (χ1) is 10.2. The largest absolute Gasteiger partial charge is 0.507 e. The molecule has 1 heterocycles. The Labute approximate surface area is 119 Å². The first-order valence-corrected chi connectivity index (χ1v) is 6.63. The summed E-state index contributed by atoms with van der Waals surface area (Å²) in [5.41, 5.74) is 2.38. The van der Waals surface area contributed by atoms with Gasteiger partial charge in [-0.15, -0.1) is 0 Å². The van der Waals surface area contributed by atoms with Crippen molar-refractivity contribution in [2.75, 3.05) is 0 Å². The van der Waals surface area contributed by atoms with E-state index in [1.54, 1.807) is 0 Å². The Morgan fingerprint density at radius 1 is 1.14 bits per heavy atom. The molecule has 0 radical (unpaired) electrons. The number of hydrogen-bond acceptors (Lipinski definition) is 4. The van der Waals surface area contributed by atoms with Crippen molar-refractivity contribution < 1.29 is 14.0 Å². The van der Waals surface area contributed by atoms with Crippen molar-refractivity contribution in [2.24, 2.45) is 0 Å². The third-order valence-corrected chi connectivity index (χ3v) is 3.81. The molecule has 1 unspecified atom stereocenters. The van der Waals surface area contributed by atoms with Crippen molar-refractivity contribution in [3.05, 3.63) is 65.2 Å². The highest BCUT2D eigenvalue weighted by Crippen LogP contribution is 2.39. The highest BCUT2D eigenvalue weighted by molar-refractivity contribution is 5.63. The van der Waals surface area contributed by atoms with E-state index >= 15 is 0 Å². The Morgan fingerprint density at radius 2 is 2.00 bits per heavy atom. The molecular weight excluding hydrogens is 271 g/mol. The van der Waals surface area contributed by atoms with Crippen LogP contribution in [-0.2, 0) is 6.42 Å². The summed E-state index contributed by atoms with van der Waals surface area (Å²) in [5.74, 6) is -0.192. The Hall–Kier alpha value is -2.69. The summed E-state index contributed by atoms with van der Waals surface area (Å²) in [5, 5.41) is 13.7. The van der Waals surface area contributed by atoms with E-state index in [1.807, 2.05) is 18.2 Å². The van der Waals surface area contributed by atoms with Gasteiger partial charge in [-0.05, 0) is 29.7 Å². The second-order valence-electron chi connectivity index (χ2n) is 5.05. The van der Waals surface area contributed by atoms with Crippen LogP contribution in [0, 0.1) is 5.82 Å². The van der Waals surface area contributed by atoms with E-state index in [0.717, 1.165) is 6.42 Å². The number of aromatic hydroxyl groups is 1. The molecule has 3 aromatic rings. The van der Waals surface area contributed by atoms with Gasteiger partial charge in [0, 0.05) is 0 Å². The maximum absolute atomic E-state index is 13.8. The molecule has 1 atom stereocenters. The standard InChI is InChI=1S/C16H11FN2O2/c17-12-6-3-7-13(20)14(12)16-18-15(19-21-16)11-8-9-4-1-2-5-10(9)11/h1-7,11,20H,8H2. The fraction of sp³-hybridized carbons (Fsp3) is 0.125. The maximum atomic E-state index is 13.8. The first kappa shape index (κ1) is 12.1.